The molecule has 0 bridgehead atoms. The minimum absolute atomic E-state index is 0.129. The molecule has 0 aliphatic heterocycles. The maximum atomic E-state index is 12.8. The zero-order valence-electron chi connectivity index (χ0n) is 48.3. The number of hydrogen-bond donors (Lipinski definition) is 0. The van der Waals surface area contributed by atoms with Crippen LogP contribution in [0.2, 0.25) is 0 Å². The molecule has 75 heavy (non-hydrogen) atoms. The largest absolute Gasteiger partial charge is 0.462 e. The molecule has 0 fully saturated rings. The minimum atomic E-state index is -0.844. The van der Waals surface area contributed by atoms with Gasteiger partial charge in [-0.05, 0) is 122 Å². The molecule has 1 atom stereocenters. The van der Waals surface area contributed by atoms with Crippen LogP contribution in [0, 0.1) is 0 Å². The molecule has 0 aromatic rings. The summed E-state index contributed by atoms with van der Waals surface area (Å²) in [4.78, 5) is 38.1. The highest BCUT2D eigenvalue weighted by atomic mass is 16.6. The second kappa shape index (κ2) is 61.8. The summed E-state index contributed by atoms with van der Waals surface area (Å²) in [6.45, 7) is 6.28. The molecule has 0 amide bonds. The molecule has 0 saturated heterocycles. The maximum absolute atomic E-state index is 12.8. The van der Waals surface area contributed by atoms with Crippen molar-refractivity contribution in [3.05, 3.63) is 146 Å². The number of ether oxygens (including phenoxy) is 3. The molecule has 6 nitrogen and oxygen atoms in total. The van der Waals surface area contributed by atoms with Crippen molar-refractivity contribution in [1.82, 2.24) is 0 Å². The van der Waals surface area contributed by atoms with Gasteiger partial charge in [-0.3, -0.25) is 14.4 Å². The van der Waals surface area contributed by atoms with Crippen LogP contribution in [-0.4, -0.2) is 37.2 Å². The zero-order valence-corrected chi connectivity index (χ0v) is 48.3. The predicted octanol–water partition coefficient (Wildman–Crippen LogP) is 20.8. The van der Waals surface area contributed by atoms with Crippen LogP contribution in [-0.2, 0) is 28.6 Å². The fraction of sp³-hybridized carbons (Fsp3) is 0.609. The van der Waals surface area contributed by atoms with E-state index in [1.165, 1.54) is 103 Å². The predicted molar refractivity (Wildman–Crippen MR) is 325 cm³/mol. The molecule has 0 aliphatic rings. The molecule has 0 aromatic heterocycles. The molecule has 6 heteroatoms. The van der Waals surface area contributed by atoms with E-state index in [0.29, 0.717) is 19.3 Å². The first-order chi connectivity index (χ1) is 37.0. The molecule has 0 rings (SSSR count). The Morgan fingerprint density at radius 2 is 0.560 bits per heavy atom. The number of unbranched alkanes of at least 4 members (excludes halogenated alkanes) is 18. The Morgan fingerprint density at radius 3 is 0.933 bits per heavy atom. The van der Waals surface area contributed by atoms with E-state index < -0.39 is 6.10 Å². The Hall–Kier alpha value is -4.71. The van der Waals surface area contributed by atoms with Gasteiger partial charge in [-0.15, -0.1) is 0 Å². The number of carbonyl (C=O) groups is 3. The summed E-state index contributed by atoms with van der Waals surface area (Å²) in [5.74, 6) is -1.08. The van der Waals surface area contributed by atoms with Crippen LogP contribution in [0.15, 0.2) is 146 Å². The second-order valence-electron chi connectivity index (χ2n) is 19.5. The van der Waals surface area contributed by atoms with Gasteiger partial charge < -0.3 is 14.2 Å². The number of allylic oxidation sites excluding steroid dienone is 24. The normalized spacial score (nSPS) is 13.2. The molecule has 0 saturated carbocycles. The zero-order chi connectivity index (χ0) is 54.3. The van der Waals surface area contributed by atoms with Crippen LogP contribution in [0.3, 0.4) is 0 Å². The third-order valence-corrected chi connectivity index (χ3v) is 12.3. The molecular formula is C69H110O6. The van der Waals surface area contributed by atoms with Crippen LogP contribution < -0.4 is 0 Å². The summed E-state index contributed by atoms with van der Waals surface area (Å²) in [7, 11) is 0. The third-order valence-electron chi connectivity index (χ3n) is 12.3. The van der Waals surface area contributed by atoms with E-state index in [-0.39, 0.29) is 44.0 Å². The van der Waals surface area contributed by atoms with Gasteiger partial charge in [0.1, 0.15) is 13.2 Å². The molecule has 0 radical (unpaired) electrons. The van der Waals surface area contributed by atoms with Crippen LogP contribution in [0.1, 0.15) is 252 Å². The van der Waals surface area contributed by atoms with Crippen molar-refractivity contribution < 1.29 is 28.6 Å². The molecule has 0 spiro atoms. The summed E-state index contributed by atoms with van der Waals surface area (Å²) >= 11 is 0. The fourth-order valence-corrected chi connectivity index (χ4v) is 7.85. The lowest BCUT2D eigenvalue weighted by molar-refractivity contribution is -0.166. The molecule has 422 valence electrons. The maximum Gasteiger partial charge on any atom is 0.306 e. The van der Waals surface area contributed by atoms with Crippen LogP contribution in [0.4, 0.5) is 0 Å². The van der Waals surface area contributed by atoms with Gasteiger partial charge in [0.15, 0.2) is 6.10 Å². The van der Waals surface area contributed by atoms with Crippen molar-refractivity contribution in [2.24, 2.45) is 0 Å². The third kappa shape index (κ3) is 60.0. The van der Waals surface area contributed by atoms with Crippen molar-refractivity contribution in [3.8, 4) is 0 Å². The first-order valence-electron chi connectivity index (χ1n) is 30.3. The lowest BCUT2D eigenvalue weighted by Crippen LogP contribution is -2.30. The average Bonchev–Trinajstić information content (AvgIpc) is 3.41. The summed E-state index contributed by atoms with van der Waals surface area (Å²) in [6, 6.07) is 0. The summed E-state index contributed by atoms with van der Waals surface area (Å²) in [6.07, 6.45) is 88.8. The van der Waals surface area contributed by atoms with E-state index in [0.717, 1.165) is 96.3 Å². The van der Waals surface area contributed by atoms with Gasteiger partial charge in [0.05, 0.1) is 0 Å². The quantitative estimate of drug-likeness (QED) is 0.0261. The Balaban J connectivity index is 4.42. The van der Waals surface area contributed by atoms with E-state index in [1.54, 1.807) is 0 Å². The molecular weight excluding hydrogens is 925 g/mol. The molecule has 0 aromatic carbocycles. The van der Waals surface area contributed by atoms with Crippen molar-refractivity contribution in [1.29, 1.82) is 0 Å². The number of carbonyl (C=O) groups excluding carboxylic acids is 3. The second-order valence-corrected chi connectivity index (χ2v) is 19.5. The standard InChI is InChI=1S/C69H110O6/c1-4-7-10-13-16-19-22-25-27-29-30-31-32-33-34-35-36-37-38-40-41-44-47-50-53-56-59-62-68(71)74-65-66(64-73-67(70)61-58-55-52-49-46-43-24-21-18-15-12-9-6-3)75-69(72)63-60-57-54-51-48-45-42-39-28-26-23-20-17-14-11-8-5-2/h8-9,11-12,17-18,20-22,25-26,28-30,32-33,42-43,45-46,51-52,54-55,66H,4-7,10,13-16,19,23-24,27,31,34-41,44,47-50,53,56-65H2,1-3H3/b11-8-,12-9-,20-17-,21-18-,25-22-,28-26-,30-29-,33-32-,45-42-,46-43-,54-51-,55-52-. The van der Waals surface area contributed by atoms with Gasteiger partial charge in [-0.25, -0.2) is 0 Å². The smallest absolute Gasteiger partial charge is 0.306 e. The fourth-order valence-electron chi connectivity index (χ4n) is 7.85. The summed E-state index contributed by atoms with van der Waals surface area (Å²) in [5.41, 5.74) is 0. The van der Waals surface area contributed by atoms with Crippen molar-refractivity contribution in [3.63, 3.8) is 0 Å². The molecule has 1 unspecified atom stereocenters. The van der Waals surface area contributed by atoms with E-state index in [2.05, 4.69) is 154 Å². The Bertz CT molecular complexity index is 1660. The van der Waals surface area contributed by atoms with E-state index in [9.17, 15) is 14.4 Å². The van der Waals surface area contributed by atoms with E-state index in [1.807, 2.05) is 12.2 Å². The average molecular weight is 1040 g/mol. The van der Waals surface area contributed by atoms with Crippen LogP contribution in [0.5, 0.6) is 0 Å². The number of esters is 3. The van der Waals surface area contributed by atoms with Crippen molar-refractivity contribution in [2.45, 2.75) is 258 Å². The van der Waals surface area contributed by atoms with Gasteiger partial charge in [0.25, 0.3) is 0 Å². The first kappa shape index (κ1) is 70.3. The van der Waals surface area contributed by atoms with Crippen LogP contribution >= 0.6 is 0 Å². The highest BCUT2D eigenvalue weighted by molar-refractivity contribution is 5.71. The topological polar surface area (TPSA) is 78.9 Å². The lowest BCUT2D eigenvalue weighted by atomic mass is 10.0. The SMILES string of the molecule is CC/C=C\C/C=C\C/C=C\C/C=C\C/C=C\CCCC(=O)OC(COC(=O)CC/C=C\C/C=C\C/C=C\C/C=C\CC)COC(=O)CCCCCCCCCCCCCC/C=C\C/C=C\C/C=C\CCCCCCC. The number of rotatable bonds is 53. The molecule has 0 aliphatic carbocycles. The highest BCUT2D eigenvalue weighted by Gasteiger charge is 2.19. The van der Waals surface area contributed by atoms with Crippen molar-refractivity contribution >= 4 is 17.9 Å². The van der Waals surface area contributed by atoms with Gasteiger partial charge in [-0.2, -0.15) is 0 Å². The Morgan fingerprint density at radius 1 is 0.280 bits per heavy atom. The minimum Gasteiger partial charge on any atom is -0.462 e. The van der Waals surface area contributed by atoms with E-state index >= 15 is 0 Å². The van der Waals surface area contributed by atoms with Gasteiger partial charge >= 0.3 is 17.9 Å². The Labute approximate surface area is 461 Å². The lowest BCUT2D eigenvalue weighted by Gasteiger charge is -2.18. The highest BCUT2D eigenvalue weighted by Crippen LogP contribution is 2.14. The van der Waals surface area contributed by atoms with Gasteiger partial charge in [0.2, 0.25) is 0 Å². The summed E-state index contributed by atoms with van der Waals surface area (Å²) in [5, 5.41) is 0. The van der Waals surface area contributed by atoms with Gasteiger partial charge in [0, 0.05) is 19.3 Å². The van der Waals surface area contributed by atoms with Crippen LogP contribution in [0.25, 0.3) is 0 Å². The molecule has 0 N–H and O–H groups in total. The van der Waals surface area contributed by atoms with Gasteiger partial charge in [-0.1, -0.05) is 256 Å². The monoisotopic (exact) mass is 1030 g/mol. The van der Waals surface area contributed by atoms with E-state index in [4.69, 9.17) is 14.2 Å². The summed E-state index contributed by atoms with van der Waals surface area (Å²) < 4.78 is 16.7. The first-order valence-corrected chi connectivity index (χ1v) is 30.3. The Kier molecular flexibility index (Phi) is 58.0. The molecule has 0 heterocycles. The van der Waals surface area contributed by atoms with Crippen molar-refractivity contribution in [2.75, 3.05) is 13.2 Å². The number of hydrogen-bond acceptors (Lipinski definition) is 6.